The second-order valence-electron chi connectivity index (χ2n) is 7.97. The van der Waals surface area contributed by atoms with Crippen LogP contribution >= 0.6 is 0 Å². The summed E-state index contributed by atoms with van der Waals surface area (Å²) in [4.78, 5) is 11.2. The monoisotopic (exact) mass is 326 g/mol. The normalized spacial score (nSPS) is 11.0. The summed E-state index contributed by atoms with van der Waals surface area (Å²) in [5, 5.41) is 0. The number of rotatable bonds is 9. The molecule has 0 fully saturated rings. The maximum atomic E-state index is 11.2. The van der Waals surface area contributed by atoms with Crippen LogP contribution in [0, 0.1) is 17.3 Å². The fourth-order valence-electron chi connectivity index (χ4n) is 2.71. The van der Waals surface area contributed by atoms with Gasteiger partial charge in [-0.2, -0.15) is 0 Å². The van der Waals surface area contributed by atoms with Crippen LogP contribution in [0.15, 0.2) is 24.3 Å². The van der Waals surface area contributed by atoms with Crippen molar-refractivity contribution in [3.8, 4) is 11.8 Å². The van der Waals surface area contributed by atoms with Crippen LogP contribution in [0.5, 0.6) is 0 Å². The molecule has 1 rings (SSSR count). The average molecular weight is 327 g/mol. The molecular weight excluding hydrogens is 292 g/mol. The summed E-state index contributed by atoms with van der Waals surface area (Å²) in [7, 11) is 0. The van der Waals surface area contributed by atoms with Gasteiger partial charge in [-0.1, -0.05) is 83.3 Å². The molecule has 132 valence electrons. The maximum absolute atomic E-state index is 11.2. The van der Waals surface area contributed by atoms with Gasteiger partial charge in [0.05, 0.1) is 0 Å². The largest absolute Gasteiger partial charge is 0.295 e. The predicted octanol–water partition coefficient (Wildman–Crippen LogP) is 6.80. The maximum Gasteiger partial charge on any atom is 0.159 e. The summed E-state index contributed by atoms with van der Waals surface area (Å²) in [6, 6.07) is 7.57. The molecular formula is C23H34O. The van der Waals surface area contributed by atoms with Gasteiger partial charge >= 0.3 is 0 Å². The number of carbonyl (C=O) groups excluding carboxylic acids is 1. The summed E-state index contributed by atoms with van der Waals surface area (Å²) >= 11 is 0. The Morgan fingerprint density at radius 2 is 1.42 bits per heavy atom. The van der Waals surface area contributed by atoms with Crippen LogP contribution in [-0.4, -0.2) is 5.78 Å². The van der Waals surface area contributed by atoms with Gasteiger partial charge < -0.3 is 0 Å². The first-order valence-electron chi connectivity index (χ1n) is 9.48. The van der Waals surface area contributed by atoms with E-state index in [-0.39, 0.29) is 5.78 Å². The molecule has 1 aromatic carbocycles. The van der Waals surface area contributed by atoms with Gasteiger partial charge in [-0.25, -0.2) is 0 Å². The van der Waals surface area contributed by atoms with Crippen molar-refractivity contribution < 1.29 is 4.79 Å². The van der Waals surface area contributed by atoms with Gasteiger partial charge in [-0.05, 0) is 37.3 Å². The number of unbranched alkanes of at least 4 members (excludes halogenated alkanes) is 7. The van der Waals surface area contributed by atoms with E-state index < -0.39 is 0 Å². The summed E-state index contributed by atoms with van der Waals surface area (Å²) in [5.74, 6) is 6.53. The molecule has 0 unspecified atom stereocenters. The first-order chi connectivity index (χ1) is 11.4. The Morgan fingerprint density at radius 1 is 0.875 bits per heavy atom. The molecule has 0 spiro atoms. The molecule has 0 aromatic heterocycles. The molecule has 0 saturated heterocycles. The Morgan fingerprint density at radius 3 is 1.96 bits per heavy atom. The lowest BCUT2D eigenvalue weighted by Gasteiger charge is -2.17. The van der Waals surface area contributed by atoms with Gasteiger partial charge in [0.25, 0.3) is 0 Å². The lowest BCUT2D eigenvalue weighted by atomic mass is 9.89. The molecule has 0 atom stereocenters. The van der Waals surface area contributed by atoms with E-state index in [2.05, 4.69) is 32.6 Å². The van der Waals surface area contributed by atoms with E-state index in [1.807, 2.05) is 24.3 Å². The van der Waals surface area contributed by atoms with Crippen LogP contribution in [0.25, 0.3) is 0 Å². The highest BCUT2D eigenvalue weighted by molar-refractivity contribution is 5.94. The zero-order valence-electron chi connectivity index (χ0n) is 16.1. The molecule has 1 aromatic rings. The van der Waals surface area contributed by atoms with Gasteiger partial charge in [0.15, 0.2) is 5.78 Å². The van der Waals surface area contributed by atoms with Crippen LogP contribution in [0.3, 0.4) is 0 Å². The van der Waals surface area contributed by atoms with Crippen molar-refractivity contribution >= 4 is 5.78 Å². The molecule has 0 amide bonds. The fraction of sp³-hybridized carbons (Fsp3) is 0.609. The van der Waals surface area contributed by atoms with Crippen LogP contribution in [0.1, 0.15) is 101 Å². The fourth-order valence-corrected chi connectivity index (χ4v) is 2.71. The first kappa shape index (κ1) is 20.5. The van der Waals surface area contributed by atoms with Gasteiger partial charge in [-0.15, -0.1) is 0 Å². The Labute approximate surface area is 149 Å². The van der Waals surface area contributed by atoms with Crippen molar-refractivity contribution in [1.29, 1.82) is 0 Å². The van der Waals surface area contributed by atoms with Crippen molar-refractivity contribution in [2.45, 2.75) is 85.5 Å². The van der Waals surface area contributed by atoms with Crippen molar-refractivity contribution in [1.82, 2.24) is 0 Å². The van der Waals surface area contributed by atoms with Crippen molar-refractivity contribution in [2.75, 3.05) is 0 Å². The molecule has 24 heavy (non-hydrogen) atoms. The first-order valence-corrected chi connectivity index (χ1v) is 9.48. The lowest BCUT2D eigenvalue weighted by Crippen LogP contribution is -2.03. The van der Waals surface area contributed by atoms with E-state index in [0.29, 0.717) is 5.41 Å². The minimum absolute atomic E-state index is 0.105. The zero-order chi connectivity index (χ0) is 17.8. The van der Waals surface area contributed by atoms with E-state index in [0.717, 1.165) is 17.5 Å². The molecule has 0 bridgehead atoms. The SMILES string of the molecule is CC(=O)c1ccc(C#CCCCCCCCCCC(C)(C)C)cc1. The smallest absolute Gasteiger partial charge is 0.159 e. The van der Waals surface area contributed by atoms with E-state index in [4.69, 9.17) is 0 Å². The number of benzene rings is 1. The Bertz CT molecular complexity index is 534. The molecule has 0 radical (unpaired) electrons. The van der Waals surface area contributed by atoms with E-state index >= 15 is 0 Å². The van der Waals surface area contributed by atoms with E-state index in [1.165, 1.54) is 51.4 Å². The third-order valence-electron chi connectivity index (χ3n) is 4.25. The molecule has 1 heteroatoms. The van der Waals surface area contributed by atoms with Crippen LogP contribution in [0.4, 0.5) is 0 Å². The van der Waals surface area contributed by atoms with Crippen molar-refractivity contribution in [3.63, 3.8) is 0 Å². The van der Waals surface area contributed by atoms with Crippen molar-refractivity contribution in [3.05, 3.63) is 35.4 Å². The zero-order valence-corrected chi connectivity index (χ0v) is 16.1. The molecule has 0 aliphatic rings. The standard InChI is InChI=1S/C23H34O/c1-20(24)22-17-15-21(16-18-22)14-12-10-8-6-5-7-9-11-13-19-23(2,3)4/h15-18H,5-11,13,19H2,1-4H3. The molecule has 0 N–H and O–H groups in total. The van der Waals surface area contributed by atoms with Gasteiger partial charge in [-0.3, -0.25) is 4.79 Å². The molecule has 1 nitrogen and oxygen atoms in total. The molecule has 0 heterocycles. The topological polar surface area (TPSA) is 17.1 Å². The van der Waals surface area contributed by atoms with Crippen LogP contribution in [0.2, 0.25) is 0 Å². The minimum atomic E-state index is 0.105. The summed E-state index contributed by atoms with van der Waals surface area (Å²) in [5.41, 5.74) is 2.24. The molecule has 0 aliphatic carbocycles. The Hall–Kier alpha value is -1.55. The number of hydrogen-bond acceptors (Lipinski definition) is 1. The highest BCUT2D eigenvalue weighted by Gasteiger charge is 2.08. The molecule has 0 aliphatic heterocycles. The number of Topliss-reactive ketones (excluding diaryl/α,β-unsaturated/α-hetero) is 1. The summed E-state index contributed by atoms with van der Waals surface area (Å²) in [6.45, 7) is 8.56. The van der Waals surface area contributed by atoms with Crippen LogP contribution < -0.4 is 0 Å². The quantitative estimate of drug-likeness (QED) is 0.277. The van der Waals surface area contributed by atoms with Gasteiger partial charge in [0.1, 0.15) is 0 Å². The van der Waals surface area contributed by atoms with Gasteiger partial charge in [0, 0.05) is 17.5 Å². The Kier molecular flexibility index (Phi) is 9.46. The van der Waals surface area contributed by atoms with Gasteiger partial charge in [0.2, 0.25) is 0 Å². The van der Waals surface area contributed by atoms with E-state index in [1.54, 1.807) is 6.92 Å². The van der Waals surface area contributed by atoms with E-state index in [9.17, 15) is 4.79 Å². The summed E-state index contributed by atoms with van der Waals surface area (Å²) in [6.07, 6.45) is 11.6. The predicted molar refractivity (Wildman–Crippen MR) is 104 cm³/mol. The number of carbonyl (C=O) groups is 1. The second-order valence-corrected chi connectivity index (χ2v) is 7.97. The highest BCUT2D eigenvalue weighted by Crippen LogP contribution is 2.22. The summed E-state index contributed by atoms with van der Waals surface area (Å²) < 4.78 is 0. The Balaban J connectivity index is 2.04. The number of hydrogen-bond donors (Lipinski definition) is 0. The molecule has 0 saturated carbocycles. The third-order valence-corrected chi connectivity index (χ3v) is 4.25. The average Bonchev–Trinajstić information content (AvgIpc) is 2.52. The lowest BCUT2D eigenvalue weighted by molar-refractivity contribution is 0.101. The minimum Gasteiger partial charge on any atom is -0.295 e. The number of ketones is 1. The second kappa shape index (κ2) is 11.1. The van der Waals surface area contributed by atoms with Crippen molar-refractivity contribution in [2.24, 2.45) is 5.41 Å². The third kappa shape index (κ3) is 10.3. The highest BCUT2D eigenvalue weighted by atomic mass is 16.1. The van der Waals surface area contributed by atoms with Crippen LogP contribution in [-0.2, 0) is 0 Å².